The highest BCUT2D eigenvalue weighted by Gasteiger charge is 2.20. The number of hydrogen-bond acceptors (Lipinski definition) is 4. The van der Waals surface area contributed by atoms with Crippen molar-refractivity contribution in [1.29, 1.82) is 0 Å². The van der Waals surface area contributed by atoms with Gasteiger partial charge in [-0.1, -0.05) is 30.3 Å². The van der Waals surface area contributed by atoms with Crippen LogP contribution in [0.2, 0.25) is 0 Å². The Balaban J connectivity index is 0.00000225. The first kappa shape index (κ1) is 19.6. The summed E-state index contributed by atoms with van der Waals surface area (Å²) in [4.78, 5) is 27.8. The van der Waals surface area contributed by atoms with Crippen molar-refractivity contribution in [2.45, 2.75) is 18.9 Å². The van der Waals surface area contributed by atoms with Gasteiger partial charge < -0.3 is 16.0 Å². The van der Waals surface area contributed by atoms with E-state index in [1.54, 1.807) is 24.5 Å². The lowest BCUT2D eigenvalue weighted by molar-refractivity contribution is -0.117. The van der Waals surface area contributed by atoms with Gasteiger partial charge in [0.25, 0.3) is 5.91 Å². The first-order chi connectivity index (χ1) is 13.1. The number of halogens is 1. The van der Waals surface area contributed by atoms with Crippen molar-refractivity contribution in [3.05, 3.63) is 65.4 Å². The number of aromatic amines is 1. The van der Waals surface area contributed by atoms with E-state index in [0.29, 0.717) is 17.7 Å². The van der Waals surface area contributed by atoms with Gasteiger partial charge in [-0.25, -0.2) is 5.43 Å². The number of carbonyl (C=O) groups is 2. The minimum atomic E-state index is -0.642. The zero-order valence-corrected chi connectivity index (χ0v) is 15.8. The van der Waals surface area contributed by atoms with E-state index in [1.807, 2.05) is 30.3 Å². The molecule has 3 aromatic rings. The molecule has 0 spiro atoms. The second kappa shape index (κ2) is 8.24. The summed E-state index contributed by atoms with van der Waals surface area (Å²) in [5, 5.41) is 7.48. The first-order valence-corrected chi connectivity index (χ1v) is 8.71. The lowest BCUT2D eigenvalue weighted by Gasteiger charge is -2.13. The average Bonchev–Trinajstić information content (AvgIpc) is 3.01. The Morgan fingerprint density at radius 2 is 2.00 bits per heavy atom. The number of nitrogens with one attached hydrogen (secondary N) is 3. The second-order valence-corrected chi connectivity index (χ2v) is 6.51. The molecule has 0 saturated heterocycles. The number of nitrogens with zero attached hydrogens (tertiary/aromatic N) is 1. The highest BCUT2D eigenvalue weighted by molar-refractivity contribution is 6.15. The molecule has 1 atom stereocenters. The standard InChI is InChI=1S/C20H19N5O2.ClH/c21-16(7-6-12-4-2-1-3-5-12)20(27)24-14-8-15-18-13(10-22-17(18)9-14)11-23-25-19(15)26;/h1-5,8-11,16,22H,6-7,21H2,(H,24,27)(H,25,26);1H. The summed E-state index contributed by atoms with van der Waals surface area (Å²) in [6, 6.07) is 12.7. The minimum Gasteiger partial charge on any atom is -0.360 e. The average molecular weight is 398 g/mol. The number of hydrazone groups is 1. The number of hydrogen-bond donors (Lipinski definition) is 4. The predicted octanol–water partition coefficient (Wildman–Crippen LogP) is 2.57. The molecule has 0 saturated carbocycles. The van der Waals surface area contributed by atoms with Gasteiger partial charge in [-0.3, -0.25) is 9.59 Å². The fourth-order valence-electron chi connectivity index (χ4n) is 3.20. The molecule has 1 unspecified atom stereocenters. The van der Waals surface area contributed by atoms with E-state index in [0.717, 1.165) is 28.5 Å². The minimum absolute atomic E-state index is 0. The predicted molar refractivity (Wildman–Crippen MR) is 112 cm³/mol. The van der Waals surface area contributed by atoms with Gasteiger partial charge in [-0.05, 0) is 30.5 Å². The Morgan fingerprint density at radius 3 is 2.79 bits per heavy atom. The summed E-state index contributed by atoms with van der Waals surface area (Å²) in [5.41, 5.74) is 12.2. The van der Waals surface area contributed by atoms with Crippen LogP contribution >= 0.6 is 12.4 Å². The largest absolute Gasteiger partial charge is 0.360 e. The van der Waals surface area contributed by atoms with Crippen molar-refractivity contribution in [2.24, 2.45) is 10.8 Å². The molecule has 1 aromatic heterocycles. The summed E-state index contributed by atoms with van der Waals surface area (Å²) in [6.45, 7) is 0. The van der Waals surface area contributed by atoms with E-state index < -0.39 is 6.04 Å². The Bertz CT molecular complexity index is 1050. The van der Waals surface area contributed by atoms with E-state index in [4.69, 9.17) is 5.73 Å². The van der Waals surface area contributed by atoms with Gasteiger partial charge in [0.15, 0.2) is 0 Å². The van der Waals surface area contributed by atoms with Gasteiger partial charge in [0.1, 0.15) is 0 Å². The zero-order chi connectivity index (χ0) is 18.8. The third-order valence-corrected chi connectivity index (χ3v) is 4.62. The van der Waals surface area contributed by atoms with E-state index in [2.05, 4.69) is 20.8 Å². The fourth-order valence-corrected chi connectivity index (χ4v) is 3.20. The maximum atomic E-state index is 12.5. The van der Waals surface area contributed by atoms with E-state index in [1.165, 1.54) is 0 Å². The number of H-pyrrole nitrogens is 1. The molecule has 2 amide bonds. The molecule has 4 rings (SSSR count). The van der Waals surface area contributed by atoms with Crippen LogP contribution in [0.25, 0.3) is 10.9 Å². The molecule has 5 N–H and O–H groups in total. The molecule has 144 valence electrons. The summed E-state index contributed by atoms with van der Waals surface area (Å²) in [7, 11) is 0. The smallest absolute Gasteiger partial charge is 0.272 e. The summed E-state index contributed by atoms with van der Waals surface area (Å²) < 4.78 is 0. The van der Waals surface area contributed by atoms with Crippen LogP contribution in [-0.4, -0.2) is 29.1 Å². The number of amides is 2. The monoisotopic (exact) mass is 397 g/mol. The summed E-state index contributed by atoms with van der Waals surface area (Å²) >= 11 is 0. The molecule has 1 aliphatic rings. The van der Waals surface area contributed by atoms with Gasteiger partial charge in [0.05, 0.1) is 17.8 Å². The first-order valence-electron chi connectivity index (χ1n) is 8.71. The number of benzene rings is 2. The number of carbonyl (C=O) groups excluding carboxylic acids is 2. The van der Waals surface area contributed by atoms with E-state index >= 15 is 0 Å². The highest BCUT2D eigenvalue weighted by atomic mass is 35.5. The van der Waals surface area contributed by atoms with E-state index in [-0.39, 0.29) is 24.2 Å². The Hall–Kier alpha value is -3.16. The van der Waals surface area contributed by atoms with Gasteiger partial charge in [-0.15, -0.1) is 12.4 Å². The summed E-state index contributed by atoms with van der Waals surface area (Å²) in [5.74, 6) is -0.603. The van der Waals surface area contributed by atoms with Crippen LogP contribution in [0.1, 0.15) is 27.9 Å². The number of anilines is 1. The Kier molecular flexibility index (Phi) is 5.77. The number of aromatic nitrogens is 1. The van der Waals surface area contributed by atoms with Crippen LogP contribution in [-0.2, 0) is 11.2 Å². The molecule has 28 heavy (non-hydrogen) atoms. The summed E-state index contributed by atoms with van der Waals surface area (Å²) in [6.07, 6.45) is 4.62. The molecule has 2 heterocycles. The third kappa shape index (κ3) is 3.90. The number of rotatable bonds is 5. The number of aryl methyl sites for hydroxylation is 1. The van der Waals surface area contributed by atoms with Crippen LogP contribution in [0.15, 0.2) is 53.8 Å². The quantitative estimate of drug-likeness (QED) is 0.530. The molecular weight excluding hydrogens is 378 g/mol. The Labute approximate surface area is 167 Å². The van der Waals surface area contributed by atoms with Crippen molar-refractivity contribution >= 4 is 47.0 Å². The van der Waals surface area contributed by atoms with Crippen molar-refractivity contribution in [3.63, 3.8) is 0 Å². The molecule has 7 nitrogen and oxygen atoms in total. The van der Waals surface area contributed by atoms with Crippen LogP contribution in [0.4, 0.5) is 5.69 Å². The SMILES string of the molecule is Cl.NC(CCc1ccccc1)C(=O)Nc1cc2c3c(c[nH]c3c1)C=NNC2=O. The van der Waals surface area contributed by atoms with Crippen LogP contribution in [0, 0.1) is 0 Å². The van der Waals surface area contributed by atoms with Crippen molar-refractivity contribution in [2.75, 3.05) is 5.32 Å². The van der Waals surface area contributed by atoms with E-state index in [9.17, 15) is 9.59 Å². The van der Waals surface area contributed by atoms with Crippen LogP contribution < -0.4 is 16.5 Å². The Morgan fingerprint density at radius 1 is 1.21 bits per heavy atom. The van der Waals surface area contributed by atoms with Gasteiger partial charge in [0.2, 0.25) is 5.91 Å². The molecule has 0 fully saturated rings. The maximum Gasteiger partial charge on any atom is 0.272 e. The molecule has 0 radical (unpaired) electrons. The normalized spacial score (nSPS) is 13.4. The van der Waals surface area contributed by atoms with Crippen molar-refractivity contribution < 1.29 is 9.59 Å². The third-order valence-electron chi connectivity index (χ3n) is 4.62. The number of nitrogens with two attached hydrogens (primary N) is 1. The van der Waals surface area contributed by atoms with Crippen molar-refractivity contribution in [1.82, 2.24) is 10.4 Å². The lowest BCUT2D eigenvalue weighted by atomic mass is 10.0. The van der Waals surface area contributed by atoms with Gasteiger partial charge in [0, 0.05) is 28.4 Å². The fraction of sp³-hybridized carbons (Fsp3) is 0.150. The molecule has 0 bridgehead atoms. The van der Waals surface area contributed by atoms with Gasteiger partial charge in [-0.2, -0.15) is 5.10 Å². The molecule has 1 aliphatic heterocycles. The molecular formula is C20H20ClN5O2. The maximum absolute atomic E-state index is 12.5. The molecule has 0 aliphatic carbocycles. The zero-order valence-electron chi connectivity index (χ0n) is 14.9. The highest BCUT2D eigenvalue weighted by Crippen LogP contribution is 2.27. The van der Waals surface area contributed by atoms with Crippen molar-refractivity contribution in [3.8, 4) is 0 Å². The molecule has 8 heteroatoms. The lowest BCUT2D eigenvalue weighted by Crippen LogP contribution is -2.36. The molecule has 2 aromatic carbocycles. The second-order valence-electron chi connectivity index (χ2n) is 6.51. The topological polar surface area (TPSA) is 112 Å². The van der Waals surface area contributed by atoms with Crippen LogP contribution in [0.5, 0.6) is 0 Å². The van der Waals surface area contributed by atoms with Crippen LogP contribution in [0.3, 0.4) is 0 Å². The van der Waals surface area contributed by atoms with Gasteiger partial charge >= 0.3 is 0 Å².